The van der Waals surface area contributed by atoms with E-state index in [4.69, 9.17) is 0 Å². The first kappa shape index (κ1) is 12.1. The standard InChI is InChI=1S/C10H9BrN2O3S/c1-5-8(14)12-10(16)13(9(5)15)4-6-2-3-7(11)17-6/h2-3,15H,4H2,1H3,(H,12,14,16). The van der Waals surface area contributed by atoms with Gasteiger partial charge in [-0.3, -0.25) is 14.3 Å². The van der Waals surface area contributed by atoms with Gasteiger partial charge in [-0.1, -0.05) is 0 Å². The lowest BCUT2D eigenvalue weighted by atomic mass is 10.3. The lowest BCUT2D eigenvalue weighted by Crippen LogP contribution is -2.31. The zero-order valence-electron chi connectivity index (χ0n) is 8.86. The van der Waals surface area contributed by atoms with E-state index in [-0.39, 0.29) is 18.0 Å². The number of rotatable bonds is 2. The summed E-state index contributed by atoms with van der Waals surface area (Å²) in [5.74, 6) is -0.289. The first-order chi connectivity index (χ1) is 7.99. The van der Waals surface area contributed by atoms with E-state index in [9.17, 15) is 14.7 Å². The van der Waals surface area contributed by atoms with Gasteiger partial charge >= 0.3 is 5.69 Å². The molecule has 7 heteroatoms. The molecule has 0 fully saturated rings. The maximum atomic E-state index is 11.6. The third-order valence-corrected chi connectivity index (χ3v) is 3.95. The Hall–Kier alpha value is -1.34. The summed E-state index contributed by atoms with van der Waals surface area (Å²) in [5, 5.41) is 9.76. The Labute approximate surface area is 108 Å². The van der Waals surface area contributed by atoms with Crippen molar-refractivity contribution >= 4 is 27.3 Å². The van der Waals surface area contributed by atoms with Crippen LogP contribution in [0.1, 0.15) is 10.4 Å². The van der Waals surface area contributed by atoms with Gasteiger partial charge in [0.05, 0.1) is 15.9 Å². The zero-order valence-corrected chi connectivity index (χ0v) is 11.3. The molecule has 0 radical (unpaired) electrons. The molecule has 2 rings (SSSR count). The van der Waals surface area contributed by atoms with Crippen molar-refractivity contribution in [2.45, 2.75) is 13.5 Å². The zero-order chi connectivity index (χ0) is 12.6. The van der Waals surface area contributed by atoms with E-state index in [0.29, 0.717) is 0 Å². The van der Waals surface area contributed by atoms with Gasteiger partial charge in [0.15, 0.2) is 0 Å². The van der Waals surface area contributed by atoms with Gasteiger partial charge in [0.25, 0.3) is 5.56 Å². The average molecular weight is 317 g/mol. The van der Waals surface area contributed by atoms with Gasteiger partial charge in [-0.2, -0.15) is 0 Å². The number of H-pyrrole nitrogens is 1. The number of nitrogens with one attached hydrogen (secondary N) is 1. The molecule has 0 spiro atoms. The fourth-order valence-corrected chi connectivity index (χ4v) is 2.87. The molecule has 5 nitrogen and oxygen atoms in total. The molecule has 2 aromatic rings. The summed E-state index contributed by atoms with van der Waals surface area (Å²) in [6.45, 7) is 1.70. The van der Waals surface area contributed by atoms with Crippen molar-refractivity contribution in [1.82, 2.24) is 9.55 Å². The number of hydrogen-bond donors (Lipinski definition) is 2. The SMILES string of the molecule is Cc1c(O)n(Cc2ccc(Br)s2)c(=O)[nH]c1=O. The first-order valence-corrected chi connectivity index (χ1v) is 6.37. The van der Waals surface area contributed by atoms with E-state index in [2.05, 4.69) is 20.9 Å². The Morgan fingerprint density at radius 2 is 2.18 bits per heavy atom. The van der Waals surface area contributed by atoms with Gasteiger partial charge in [0.2, 0.25) is 5.88 Å². The highest BCUT2D eigenvalue weighted by molar-refractivity contribution is 9.11. The van der Waals surface area contributed by atoms with Crippen LogP contribution in [-0.2, 0) is 6.54 Å². The van der Waals surface area contributed by atoms with E-state index in [1.165, 1.54) is 18.3 Å². The third-order valence-electron chi connectivity index (χ3n) is 2.34. The largest absolute Gasteiger partial charge is 0.494 e. The van der Waals surface area contributed by atoms with Crippen molar-refractivity contribution in [2.24, 2.45) is 0 Å². The normalized spacial score (nSPS) is 10.7. The van der Waals surface area contributed by atoms with E-state index >= 15 is 0 Å². The Morgan fingerprint density at radius 3 is 2.76 bits per heavy atom. The highest BCUT2D eigenvalue weighted by atomic mass is 79.9. The lowest BCUT2D eigenvalue weighted by molar-refractivity contribution is 0.405. The molecule has 0 atom stereocenters. The molecule has 0 aliphatic carbocycles. The predicted octanol–water partition coefficient (Wildman–Crippen LogP) is 1.42. The van der Waals surface area contributed by atoms with Gasteiger partial charge in [0, 0.05) is 4.88 Å². The molecule has 0 amide bonds. The highest BCUT2D eigenvalue weighted by Gasteiger charge is 2.11. The second-order valence-corrected chi connectivity index (χ2v) is 6.05. The summed E-state index contributed by atoms with van der Waals surface area (Å²) in [6, 6.07) is 3.71. The van der Waals surface area contributed by atoms with Crippen LogP contribution in [0.2, 0.25) is 0 Å². The number of halogens is 1. The maximum absolute atomic E-state index is 11.6. The van der Waals surface area contributed by atoms with Crippen LogP contribution >= 0.6 is 27.3 Å². The second-order valence-electron chi connectivity index (χ2n) is 3.50. The summed E-state index contributed by atoms with van der Waals surface area (Å²) >= 11 is 4.78. The fourth-order valence-electron chi connectivity index (χ4n) is 1.40. The van der Waals surface area contributed by atoms with Crippen molar-refractivity contribution in [3.63, 3.8) is 0 Å². The Morgan fingerprint density at radius 1 is 1.47 bits per heavy atom. The monoisotopic (exact) mass is 316 g/mol. The molecule has 90 valence electrons. The van der Waals surface area contributed by atoms with E-state index < -0.39 is 11.2 Å². The van der Waals surface area contributed by atoms with Crippen LogP contribution < -0.4 is 11.2 Å². The van der Waals surface area contributed by atoms with E-state index in [1.54, 1.807) is 0 Å². The topological polar surface area (TPSA) is 75.1 Å². The molecule has 0 saturated heterocycles. The van der Waals surface area contributed by atoms with Gasteiger partial charge in [0.1, 0.15) is 0 Å². The quantitative estimate of drug-likeness (QED) is 0.880. The van der Waals surface area contributed by atoms with Crippen molar-refractivity contribution in [3.8, 4) is 5.88 Å². The Kier molecular flexibility index (Phi) is 3.21. The third kappa shape index (κ3) is 2.34. The molecule has 0 aromatic carbocycles. The minimum absolute atomic E-state index is 0.139. The van der Waals surface area contributed by atoms with Crippen molar-refractivity contribution in [1.29, 1.82) is 0 Å². The molecular weight excluding hydrogens is 308 g/mol. The molecule has 17 heavy (non-hydrogen) atoms. The molecular formula is C10H9BrN2O3S. The molecule has 0 aliphatic heterocycles. The molecule has 0 unspecified atom stereocenters. The summed E-state index contributed by atoms with van der Waals surface area (Å²) in [7, 11) is 0. The number of aromatic amines is 1. The molecule has 0 aliphatic rings. The molecule has 0 saturated carbocycles. The van der Waals surface area contributed by atoms with Gasteiger partial charge in [-0.05, 0) is 35.0 Å². The number of aromatic nitrogens is 2. The summed E-state index contributed by atoms with van der Waals surface area (Å²) < 4.78 is 2.08. The van der Waals surface area contributed by atoms with E-state index in [1.807, 2.05) is 12.1 Å². The summed E-state index contributed by atoms with van der Waals surface area (Å²) in [6.07, 6.45) is 0. The van der Waals surface area contributed by atoms with Crippen LogP contribution in [-0.4, -0.2) is 14.7 Å². The van der Waals surface area contributed by atoms with Crippen molar-refractivity contribution < 1.29 is 5.11 Å². The lowest BCUT2D eigenvalue weighted by Gasteiger charge is -2.07. The van der Waals surface area contributed by atoms with Crippen LogP contribution in [0, 0.1) is 6.92 Å². The average Bonchev–Trinajstić information content (AvgIpc) is 2.67. The molecule has 2 heterocycles. The predicted molar refractivity (Wildman–Crippen MR) is 68.8 cm³/mol. The number of aromatic hydroxyl groups is 1. The number of hydrogen-bond acceptors (Lipinski definition) is 4. The smallest absolute Gasteiger partial charge is 0.331 e. The molecule has 0 bridgehead atoms. The van der Waals surface area contributed by atoms with Crippen LogP contribution in [0.15, 0.2) is 25.5 Å². The fraction of sp³-hybridized carbons (Fsp3) is 0.200. The van der Waals surface area contributed by atoms with Gasteiger partial charge in [-0.25, -0.2) is 4.79 Å². The Balaban J connectivity index is 2.50. The highest BCUT2D eigenvalue weighted by Crippen LogP contribution is 2.23. The molecule has 2 N–H and O–H groups in total. The first-order valence-electron chi connectivity index (χ1n) is 4.76. The van der Waals surface area contributed by atoms with Gasteiger partial charge < -0.3 is 5.11 Å². The maximum Gasteiger partial charge on any atom is 0.331 e. The number of thiophene rings is 1. The van der Waals surface area contributed by atoms with Gasteiger partial charge in [-0.15, -0.1) is 11.3 Å². The minimum Gasteiger partial charge on any atom is -0.494 e. The summed E-state index contributed by atoms with van der Waals surface area (Å²) in [4.78, 5) is 25.9. The molecule has 2 aromatic heterocycles. The van der Waals surface area contributed by atoms with Crippen LogP contribution in [0.5, 0.6) is 5.88 Å². The number of nitrogens with zero attached hydrogens (tertiary/aromatic N) is 1. The summed E-state index contributed by atoms with van der Waals surface area (Å²) in [5.41, 5.74) is -1.03. The second kappa shape index (κ2) is 4.50. The van der Waals surface area contributed by atoms with Crippen LogP contribution in [0.4, 0.5) is 0 Å². The van der Waals surface area contributed by atoms with Crippen molar-refractivity contribution in [3.05, 3.63) is 47.2 Å². The van der Waals surface area contributed by atoms with E-state index in [0.717, 1.165) is 13.2 Å². The van der Waals surface area contributed by atoms with Crippen molar-refractivity contribution in [2.75, 3.05) is 0 Å². The Bertz CT molecular complexity index is 671. The van der Waals surface area contributed by atoms with Crippen LogP contribution in [0.25, 0.3) is 0 Å². The van der Waals surface area contributed by atoms with Crippen LogP contribution in [0.3, 0.4) is 0 Å². The minimum atomic E-state index is -0.609.